The highest BCUT2D eigenvalue weighted by atomic mass is 32.2. The Morgan fingerprint density at radius 1 is 1.36 bits per heavy atom. The van der Waals surface area contributed by atoms with Crippen LogP contribution in [0.1, 0.15) is 54.7 Å². The van der Waals surface area contributed by atoms with E-state index in [9.17, 15) is 13.2 Å². The maximum absolute atomic E-state index is 12.2. The Balaban J connectivity index is 1.52. The fraction of sp³-hybridized carbons (Fsp3) is 0.714. The van der Waals surface area contributed by atoms with Gasteiger partial charge in [-0.05, 0) is 38.7 Å². The molecule has 1 aliphatic heterocycles. The first-order chi connectivity index (χ1) is 10.5. The van der Waals surface area contributed by atoms with Gasteiger partial charge in [0, 0.05) is 30.7 Å². The molecule has 0 unspecified atom stereocenters. The molecule has 0 radical (unpaired) electrons. The van der Waals surface area contributed by atoms with Crippen molar-refractivity contribution < 1.29 is 13.2 Å². The maximum Gasteiger partial charge on any atom is 0.271 e. The molecule has 1 aliphatic carbocycles. The Kier molecular flexibility index (Phi) is 4.22. The van der Waals surface area contributed by atoms with Crippen LogP contribution in [0, 0.1) is 0 Å². The van der Waals surface area contributed by atoms with Crippen LogP contribution in [0.25, 0.3) is 0 Å². The summed E-state index contributed by atoms with van der Waals surface area (Å²) in [5, 5.41) is 9.94. The Labute approximate surface area is 130 Å². The largest absolute Gasteiger partial charge is 0.348 e. The van der Waals surface area contributed by atoms with Crippen molar-refractivity contribution in [1.29, 1.82) is 0 Å². The lowest BCUT2D eigenvalue weighted by atomic mass is 10.1. The second kappa shape index (κ2) is 6.00. The molecule has 2 N–H and O–H groups in total. The van der Waals surface area contributed by atoms with Crippen molar-refractivity contribution in [3.05, 3.63) is 17.5 Å². The summed E-state index contributed by atoms with van der Waals surface area (Å²) in [5.41, 5.74) is 1.46. The van der Waals surface area contributed by atoms with Crippen molar-refractivity contribution in [1.82, 2.24) is 19.8 Å². The monoisotopic (exact) mass is 326 g/mol. The van der Waals surface area contributed by atoms with E-state index in [2.05, 4.69) is 15.5 Å². The lowest BCUT2D eigenvalue weighted by Gasteiger charge is -2.31. The molecule has 122 valence electrons. The summed E-state index contributed by atoms with van der Waals surface area (Å²) < 4.78 is 25.1. The second-order valence-electron chi connectivity index (χ2n) is 6.03. The van der Waals surface area contributed by atoms with Crippen LogP contribution in [0.15, 0.2) is 6.07 Å². The molecule has 1 aromatic heterocycles. The number of H-pyrrole nitrogens is 1. The zero-order valence-corrected chi connectivity index (χ0v) is 13.5. The highest BCUT2D eigenvalue weighted by Gasteiger charge is 2.29. The third kappa shape index (κ3) is 3.33. The van der Waals surface area contributed by atoms with Crippen LogP contribution in [0.2, 0.25) is 0 Å². The quantitative estimate of drug-likeness (QED) is 0.838. The summed E-state index contributed by atoms with van der Waals surface area (Å²) in [5.74, 6) is 0.484. The van der Waals surface area contributed by atoms with Crippen LogP contribution in [0.3, 0.4) is 0 Å². The van der Waals surface area contributed by atoms with Crippen LogP contribution in [-0.2, 0) is 10.0 Å². The predicted molar refractivity (Wildman–Crippen MR) is 82.1 cm³/mol. The third-order valence-corrected chi connectivity index (χ3v) is 6.28. The van der Waals surface area contributed by atoms with E-state index in [0.717, 1.165) is 18.5 Å². The Bertz CT molecular complexity index is 643. The first-order valence-corrected chi connectivity index (χ1v) is 9.44. The van der Waals surface area contributed by atoms with Gasteiger partial charge in [-0.2, -0.15) is 5.10 Å². The molecule has 2 fully saturated rings. The van der Waals surface area contributed by atoms with Gasteiger partial charge >= 0.3 is 0 Å². The molecule has 8 heteroatoms. The molecule has 2 heterocycles. The molecule has 1 saturated carbocycles. The molecule has 0 bridgehead atoms. The number of aromatic nitrogens is 2. The molecular formula is C14H22N4O3S. The summed E-state index contributed by atoms with van der Waals surface area (Å²) in [6.45, 7) is 2.59. The SMILES string of the molecule is CCS(=O)(=O)N1CCC(NC(=O)c2cc(C3CC3)[nH]n2)CC1. The topological polar surface area (TPSA) is 95.2 Å². The van der Waals surface area contributed by atoms with Gasteiger partial charge in [0.25, 0.3) is 5.91 Å². The molecule has 1 aromatic rings. The number of hydrogen-bond donors (Lipinski definition) is 2. The van der Waals surface area contributed by atoms with Gasteiger partial charge in [-0.25, -0.2) is 12.7 Å². The number of piperidine rings is 1. The smallest absolute Gasteiger partial charge is 0.271 e. The summed E-state index contributed by atoms with van der Waals surface area (Å²) in [4.78, 5) is 12.2. The van der Waals surface area contributed by atoms with E-state index in [4.69, 9.17) is 0 Å². The first-order valence-electron chi connectivity index (χ1n) is 7.83. The zero-order chi connectivity index (χ0) is 15.7. The highest BCUT2D eigenvalue weighted by molar-refractivity contribution is 7.89. The van der Waals surface area contributed by atoms with Gasteiger partial charge in [-0.15, -0.1) is 0 Å². The summed E-state index contributed by atoms with van der Waals surface area (Å²) >= 11 is 0. The molecule has 1 amide bonds. The van der Waals surface area contributed by atoms with Crippen molar-refractivity contribution in [2.45, 2.75) is 44.6 Å². The van der Waals surface area contributed by atoms with Gasteiger partial charge in [0.1, 0.15) is 5.69 Å². The minimum Gasteiger partial charge on any atom is -0.348 e. The van der Waals surface area contributed by atoms with Crippen molar-refractivity contribution >= 4 is 15.9 Å². The average molecular weight is 326 g/mol. The van der Waals surface area contributed by atoms with Crippen molar-refractivity contribution in [2.75, 3.05) is 18.8 Å². The molecule has 1 saturated heterocycles. The van der Waals surface area contributed by atoms with Gasteiger partial charge in [0.05, 0.1) is 5.75 Å². The van der Waals surface area contributed by atoms with E-state index >= 15 is 0 Å². The standard InChI is InChI=1S/C14H22N4O3S/c1-2-22(20,21)18-7-5-11(6-8-18)15-14(19)13-9-12(16-17-13)10-3-4-10/h9-11H,2-8H2,1H3,(H,15,19)(H,16,17). The van der Waals surface area contributed by atoms with E-state index in [1.54, 1.807) is 6.92 Å². The number of nitrogens with one attached hydrogen (secondary N) is 2. The van der Waals surface area contributed by atoms with Gasteiger partial charge in [0.15, 0.2) is 0 Å². The number of sulfonamides is 1. The average Bonchev–Trinajstić information content (AvgIpc) is 3.25. The van der Waals surface area contributed by atoms with E-state index in [1.807, 2.05) is 6.07 Å². The Hall–Kier alpha value is -1.41. The predicted octanol–water partition coefficient (Wildman–Crippen LogP) is 0.831. The van der Waals surface area contributed by atoms with Gasteiger partial charge < -0.3 is 5.32 Å². The third-order valence-electron chi connectivity index (χ3n) is 4.39. The van der Waals surface area contributed by atoms with E-state index in [-0.39, 0.29) is 17.7 Å². The number of amides is 1. The number of nitrogens with zero attached hydrogens (tertiary/aromatic N) is 2. The Morgan fingerprint density at radius 2 is 2.05 bits per heavy atom. The number of carbonyl (C=O) groups is 1. The van der Waals surface area contributed by atoms with E-state index < -0.39 is 10.0 Å². The number of carbonyl (C=O) groups excluding carboxylic acids is 1. The first kappa shape index (κ1) is 15.5. The zero-order valence-electron chi connectivity index (χ0n) is 12.7. The van der Waals surface area contributed by atoms with Crippen molar-refractivity contribution in [3.63, 3.8) is 0 Å². The Morgan fingerprint density at radius 3 is 2.64 bits per heavy atom. The van der Waals surface area contributed by atoms with Gasteiger partial charge in [-0.1, -0.05) is 0 Å². The normalized spacial score (nSPS) is 21.0. The van der Waals surface area contributed by atoms with Crippen molar-refractivity contribution in [3.8, 4) is 0 Å². The minimum atomic E-state index is -3.12. The lowest BCUT2D eigenvalue weighted by molar-refractivity contribution is 0.0918. The van der Waals surface area contributed by atoms with E-state index in [0.29, 0.717) is 37.5 Å². The fourth-order valence-electron chi connectivity index (χ4n) is 2.78. The molecule has 22 heavy (non-hydrogen) atoms. The van der Waals surface area contributed by atoms with Gasteiger partial charge in [-0.3, -0.25) is 9.89 Å². The molecule has 0 aromatic carbocycles. The van der Waals surface area contributed by atoms with Crippen LogP contribution < -0.4 is 5.32 Å². The van der Waals surface area contributed by atoms with Gasteiger partial charge in [0.2, 0.25) is 10.0 Å². The number of aromatic amines is 1. The number of hydrogen-bond acceptors (Lipinski definition) is 4. The maximum atomic E-state index is 12.2. The van der Waals surface area contributed by atoms with E-state index in [1.165, 1.54) is 4.31 Å². The molecule has 0 atom stereocenters. The summed E-state index contributed by atoms with van der Waals surface area (Å²) in [6, 6.07) is 1.83. The molecule has 3 rings (SSSR count). The second-order valence-corrected chi connectivity index (χ2v) is 8.29. The van der Waals surface area contributed by atoms with Crippen LogP contribution in [0.4, 0.5) is 0 Å². The minimum absolute atomic E-state index is 0.0110. The van der Waals surface area contributed by atoms with Crippen LogP contribution >= 0.6 is 0 Å². The highest BCUT2D eigenvalue weighted by Crippen LogP contribution is 2.38. The molecule has 2 aliphatic rings. The summed E-state index contributed by atoms with van der Waals surface area (Å²) in [7, 11) is -3.12. The van der Waals surface area contributed by atoms with Crippen LogP contribution in [-0.4, -0.2) is 53.7 Å². The van der Waals surface area contributed by atoms with Crippen LogP contribution in [0.5, 0.6) is 0 Å². The summed E-state index contributed by atoms with van der Waals surface area (Å²) in [6.07, 6.45) is 3.61. The number of rotatable bonds is 5. The van der Waals surface area contributed by atoms with Crippen molar-refractivity contribution in [2.24, 2.45) is 0 Å². The molecular weight excluding hydrogens is 304 g/mol. The molecule has 0 spiro atoms. The molecule has 7 nitrogen and oxygen atoms in total. The lowest BCUT2D eigenvalue weighted by Crippen LogP contribution is -2.46. The fourth-order valence-corrected chi connectivity index (χ4v) is 3.91.